The number of ether oxygens (including phenoxy) is 1. The molecule has 0 aliphatic heterocycles. The number of likely N-dealkylation sites (N-methyl/N-ethyl adjacent to an activating group) is 1. The van der Waals surface area contributed by atoms with Gasteiger partial charge in [0, 0.05) is 12.8 Å². The fraction of sp³-hybridized carbons (Fsp3) is 0.750. The molecule has 0 saturated heterocycles. The van der Waals surface area contributed by atoms with E-state index in [1.165, 1.54) is 103 Å². The quantitative estimate of drug-likeness (QED) is 0.0205. The molecule has 0 aliphatic carbocycles. The van der Waals surface area contributed by atoms with Gasteiger partial charge in [-0.15, -0.1) is 0 Å². The number of quaternary nitrogens is 1. The van der Waals surface area contributed by atoms with Crippen LogP contribution in [0, 0.1) is 0 Å². The molecule has 66 heavy (non-hydrogen) atoms. The first-order chi connectivity index (χ1) is 31.9. The number of carbonyl (C=O) groups excluding carboxylic acids is 2. The summed E-state index contributed by atoms with van der Waals surface area (Å²) < 4.78 is 30.5. The molecular formula is C56H102N2O7P+. The monoisotopic (exact) mass is 946 g/mol. The van der Waals surface area contributed by atoms with E-state index in [0.29, 0.717) is 17.4 Å². The molecule has 0 radical (unpaired) electrons. The molecule has 0 aromatic rings. The third-order valence-corrected chi connectivity index (χ3v) is 12.4. The van der Waals surface area contributed by atoms with Gasteiger partial charge in [-0.2, -0.15) is 0 Å². The summed E-state index contributed by atoms with van der Waals surface area (Å²) in [6.45, 7) is 6.82. The maximum atomic E-state index is 13.4. The zero-order chi connectivity index (χ0) is 48.7. The molecule has 2 N–H and O–H groups in total. The molecule has 10 heteroatoms. The van der Waals surface area contributed by atoms with Crippen molar-refractivity contribution in [1.82, 2.24) is 5.32 Å². The average Bonchev–Trinajstić information content (AvgIpc) is 3.27. The Morgan fingerprint density at radius 1 is 0.545 bits per heavy atom. The Kier molecular flexibility index (Phi) is 44.4. The number of rotatable bonds is 47. The van der Waals surface area contributed by atoms with E-state index in [2.05, 4.69) is 86.8 Å². The Morgan fingerprint density at radius 3 is 1.47 bits per heavy atom. The third kappa shape index (κ3) is 46.6. The van der Waals surface area contributed by atoms with Gasteiger partial charge in [-0.3, -0.25) is 18.6 Å². The number of carbonyl (C=O) groups is 2. The highest BCUT2D eigenvalue weighted by Gasteiger charge is 2.30. The predicted octanol–water partition coefficient (Wildman–Crippen LogP) is 15.7. The van der Waals surface area contributed by atoms with Crippen molar-refractivity contribution in [3.05, 3.63) is 72.9 Å². The maximum absolute atomic E-state index is 13.4. The zero-order valence-corrected chi connectivity index (χ0v) is 44.3. The summed E-state index contributed by atoms with van der Waals surface area (Å²) in [7, 11) is 1.45. The van der Waals surface area contributed by atoms with Gasteiger partial charge in [0.2, 0.25) is 5.91 Å². The van der Waals surface area contributed by atoms with Crippen LogP contribution in [0.5, 0.6) is 0 Å². The molecule has 382 valence electrons. The van der Waals surface area contributed by atoms with Crippen molar-refractivity contribution in [2.24, 2.45) is 0 Å². The molecule has 9 nitrogen and oxygen atoms in total. The van der Waals surface area contributed by atoms with Crippen molar-refractivity contribution < 1.29 is 37.3 Å². The van der Waals surface area contributed by atoms with Gasteiger partial charge in [0.15, 0.2) is 0 Å². The number of unbranched alkanes of at least 4 members (excludes halogenated alkanes) is 21. The summed E-state index contributed by atoms with van der Waals surface area (Å²) in [5, 5.41) is 3.00. The molecule has 0 saturated carbocycles. The largest absolute Gasteiger partial charge is 0.472 e. The molecule has 3 unspecified atom stereocenters. The summed E-state index contributed by atoms with van der Waals surface area (Å²) in [5.74, 6) is -0.576. The van der Waals surface area contributed by atoms with Crippen molar-refractivity contribution in [3.8, 4) is 0 Å². The normalized spacial score (nSPS) is 14.5. The van der Waals surface area contributed by atoms with E-state index in [0.717, 1.165) is 77.0 Å². The molecule has 0 bridgehead atoms. The van der Waals surface area contributed by atoms with Crippen LogP contribution < -0.4 is 5.32 Å². The Morgan fingerprint density at radius 2 is 0.985 bits per heavy atom. The minimum Gasteiger partial charge on any atom is -0.456 e. The van der Waals surface area contributed by atoms with Crippen molar-refractivity contribution in [1.29, 1.82) is 0 Å². The van der Waals surface area contributed by atoms with Crippen molar-refractivity contribution in [3.63, 3.8) is 0 Å². The van der Waals surface area contributed by atoms with Crippen molar-refractivity contribution >= 4 is 19.7 Å². The highest BCUT2D eigenvalue weighted by Crippen LogP contribution is 2.43. The van der Waals surface area contributed by atoms with Crippen LogP contribution in [0.2, 0.25) is 0 Å². The second-order valence-corrected chi connectivity index (χ2v) is 20.5. The van der Waals surface area contributed by atoms with Gasteiger partial charge in [0.05, 0.1) is 33.8 Å². The molecule has 0 fully saturated rings. The number of hydrogen-bond acceptors (Lipinski definition) is 6. The molecule has 3 atom stereocenters. The minimum atomic E-state index is -4.45. The lowest BCUT2D eigenvalue weighted by Crippen LogP contribution is -2.47. The van der Waals surface area contributed by atoms with Crippen LogP contribution in [-0.4, -0.2) is 74.3 Å². The van der Waals surface area contributed by atoms with Gasteiger partial charge in [0.1, 0.15) is 19.3 Å². The van der Waals surface area contributed by atoms with Crippen LogP contribution in [0.3, 0.4) is 0 Å². The number of hydrogen-bond donors (Lipinski definition) is 2. The van der Waals surface area contributed by atoms with Crippen LogP contribution in [0.25, 0.3) is 0 Å². The van der Waals surface area contributed by atoms with Crippen molar-refractivity contribution in [2.45, 2.75) is 232 Å². The van der Waals surface area contributed by atoms with E-state index in [-0.39, 0.29) is 37.9 Å². The number of nitrogens with one attached hydrogen (secondary N) is 1. The fourth-order valence-corrected chi connectivity index (χ4v) is 8.00. The van der Waals surface area contributed by atoms with Gasteiger partial charge >= 0.3 is 13.8 Å². The molecule has 0 spiro atoms. The lowest BCUT2D eigenvalue weighted by Gasteiger charge is -2.27. The highest BCUT2D eigenvalue weighted by atomic mass is 31.2. The molecule has 0 heterocycles. The SMILES string of the molecule is CC/C=C\C/C=C\C/C=C\C/C=C\C/C=C\CCCC(=O)NC(COP(=O)(O)OCC[N+](C)(C)C)C(/C=C\CCCCCCCCCCCC)OC(=O)CCCCCCCCCCCCC. The van der Waals surface area contributed by atoms with E-state index in [9.17, 15) is 19.0 Å². The van der Waals surface area contributed by atoms with E-state index in [1.807, 2.05) is 33.3 Å². The van der Waals surface area contributed by atoms with Crippen LogP contribution in [0.1, 0.15) is 220 Å². The molecule has 0 rings (SSSR count). The lowest BCUT2D eigenvalue weighted by atomic mass is 10.0. The van der Waals surface area contributed by atoms with Gasteiger partial charge in [-0.1, -0.05) is 210 Å². The van der Waals surface area contributed by atoms with Crippen molar-refractivity contribution in [2.75, 3.05) is 40.9 Å². The molecule has 0 aromatic carbocycles. The Labute approximate surface area is 406 Å². The van der Waals surface area contributed by atoms with Crippen LogP contribution in [0.15, 0.2) is 72.9 Å². The Hall–Kier alpha value is -2.55. The number of phosphoric ester groups is 1. The van der Waals surface area contributed by atoms with Crippen LogP contribution >= 0.6 is 7.82 Å². The number of amides is 1. The Balaban J connectivity index is 5.49. The van der Waals surface area contributed by atoms with E-state index in [4.69, 9.17) is 13.8 Å². The molecule has 1 amide bonds. The number of allylic oxidation sites excluding steroid dienone is 11. The molecular weight excluding hydrogens is 844 g/mol. The van der Waals surface area contributed by atoms with E-state index >= 15 is 0 Å². The van der Waals surface area contributed by atoms with E-state index < -0.39 is 20.0 Å². The smallest absolute Gasteiger partial charge is 0.456 e. The van der Waals surface area contributed by atoms with Gasteiger partial charge in [-0.05, 0) is 70.3 Å². The standard InChI is InChI=1S/C56H101N2O7P/c1-7-10-13-16-19-22-25-27-28-29-30-31-34-36-39-42-45-48-55(59)57-53(52-64-66(61,62)63-51-50-58(4,5)6)54(47-44-41-38-35-33-26-23-20-17-14-11-8-2)65-56(60)49-46-43-40-37-32-24-21-18-15-12-9-3/h10,13,19,22,27-28,30-31,36,39,44,47,53-54H,7-9,11-12,14-18,20-21,23-26,29,32-35,37-38,40-43,45-46,48-52H2,1-6H3,(H-,57,59,61,62)/p+1/b13-10-,22-19-,28-27-,31-30-,39-36-,47-44-. The third-order valence-electron chi connectivity index (χ3n) is 11.4. The highest BCUT2D eigenvalue weighted by molar-refractivity contribution is 7.47. The first kappa shape index (κ1) is 63.5. The summed E-state index contributed by atoms with van der Waals surface area (Å²) in [4.78, 5) is 37.4. The first-order valence-corrected chi connectivity index (χ1v) is 28.3. The topological polar surface area (TPSA) is 111 Å². The lowest BCUT2D eigenvalue weighted by molar-refractivity contribution is -0.870. The van der Waals surface area contributed by atoms with Crippen LogP contribution in [-0.2, 0) is 27.9 Å². The Bertz CT molecular complexity index is 1370. The molecule has 0 aliphatic rings. The number of esters is 1. The minimum absolute atomic E-state index is 0.0280. The zero-order valence-electron chi connectivity index (χ0n) is 43.4. The summed E-state index contributed by atoms with van der Waals surface area (Å²) in [6.07, 6.45) is 57.6. The van der Waals surface area contributed by atoms with Gasteiger partial charge < -0.3 is 19.4 Å². The summed E-state index contributed by atoms with van der Waals surface area (Å²) >= 11 is 0. The number of nitrogens with zero attached hydrogens (tertiary/aromatic N) is 1. The maximum Gasteiger partial charge on any atom is 0.472 e. The average molecular weight is 946 g/mol. The second-order valence-electron chi connectivity index (χ2n) is 19.0. The summed E-state index contributed by atoms with van der Waals surface area (Å²) in [5.41, 5.74) is 0. The van der Waals surface area contributed by atoms with Gasteiger partial charge in [-0.25, -0.2) is 4.57 Å². The van der Waals surface area contributed by atoms with Crippen LogP contribution in [0.4, 0.5) is 0 Å². The second kappa shape index (κ2) is 46.2. The predicted molar refractivity (Wildman–Crippen MR) is 281 cm³/mol. The summed E-state index contributed by atoms with van der Waals surface area (Å²) in [6, 6.07) is -0.876. The first-order valence-electron chi connectivity index (χ1n) is 26.8. The fourth-order valence-electron chi connectivity index (χ4n) is 7.27. The molecule has 0 aromatic heterocycles. The van der Waals surface area contributed by atoms with E-state index in [1.54, 1.807) is 0 Å². The van der Waals surface area contributed by atoms with Gasteiger partial charge in [0.25, 0.3) is 0 Å². The number of phosphoric acid groups is 1.